The van der Waals surface area contributed by atoms with Crippen LogP contribution in [0.2, 0.25) is 0 Å². The fourth-order valence-corrected chi connectivity index (χ4v) is 1.31. The van der Waals surface area contributed by atoms with E-state index in [-0.39, 0.29) is 0 Å². The quantitative estimate of drug-likeness (QED) is 0.281. The molecule has 0 aliphatic rings. The molecular formula is C10H24N3+. The molecule has 0 rings (SSSR count). The van der Waals surface area contributed by atoms with E-state index >= 15 is 0 Å². The van der Waals surface area contributed by atoms with Crippen LogP contribution in [-0.2, 0) is 0 Å². The third kappa shape index (κ3) is 5.77. The van der Waals surface area contributed by atoms with E-state index in [0.717, 1.165) is 13.0 Å². The molecule has 0 aliphatic heterocycles. The smallest absolute Gasteiger partial charge is 0.139 e. The summed E-state index contributed by atoms with van der Waals surface area (Å²) in [5.41, 5.74) is 3.10. The minimum atomic E-state index is 0.335. The van der Waals surface area contributed by atoms with Crippen LogP contribution in [0.25, 0.3) is 0 Å². The van der Waals surface area contributed by atoms with Crippen molar-refractivity contribution in [3.63, 3.8) is 0 Å². The fourth-order valence-electron chi connectivity index (χ4n) is 1.31. The van der Waals surface area contributed by atoms with Crippen molar-refractivity contribution in [1.82, 2.24) is 5.43 Å². The highest BCUT2D eigenvalue weighted by atomic mass is 15.2. The molecule has 1 atom stereocenters. The summed E-state index contributed by atoms with van der Waals surface area (Å²) in [5.74, 6) is 5.35. The van der Waals surface area contributed by atoms with Crippen molar-refractivity contribution in [2.45, 2.75) is 33.1 Å². The molecule has 78 valence electrons. The van der Waals surface area contributed by atoms with E-state index in [1.807, 2.05) is 0 Å². The SMILES string of the molecule is CCC(C)(CCC=[N+](C)C)CNN. The molecule has 3 nitrogen and oxygen atoms in total. The molecule has 3 N–H and O–H groups in total. The van der Waals surface area contributed by atoms with Crippen LogP contribution in [0.5, 0.6) is 0 Å². The molecule has 0 amide bonds. The number of nitrogens with two attached hydrogens (primary N) is 1. The average Bonchev–Trinajstić information content (AvgIpc) is 2.04. The van der Waals surface area contributed by atoms with Crippen molar-refractivity contribution in [3.05, 3.63) is 0 Å². The van der Waals surface area contributed by atoms with Gasteiger partial charge in [-0.05, 0) is 18.3 Å². The molecule has 0 fully saturated rings. The number of hydrogen-bond donors (Lipinski definition) is 2. The zero-order valence-corrected chi connectivity index (χ0v) is 9.43. The van der Waals surface area contributed by atoms with Gasteiger partial charge in [-0.2, -0.15) is 0 Å². The van der Waals surface area contributed by atoms with Crippen LogP contribution in [0.4, 0.5) is 0 Å². The Morgan fingerprint density at radius 2 is 2.08 bits per heavy atom. The van der Waals surface area contributed by atoms with E-state index in [2.05, 4.69) is 44.2 Å². The maximum atomic E-state index is 5.35. The van der Waals surface area contributed by atoms with Gasteiger partial charge in [-0.3, -0.25) is 11.3 Å². The Bertz CT molecular complexity index is 162. The van der Waals surface area contributed by atoms with E-state index in [1.54, 1.807) is 0 Å². The summed E-state index contributed by atoms with van der Waals surface area (Å²) in [4.78, 5) is 0. The molecule has 0 saturated heterocycles. The van der Waals surface area contributed by atoms with Crippen molar-refractivity contribution in [2.75, 3.05) is 20.6 Å². The third-order valence-electron chi connectivity index (χ3n) is 2.62. The Morgan fingerprint density at radius 1 is 1.46 bits per heavy atom. The topological polar surface area (TPSA) is 41.1 Å². The van der Waals surface area contributed by atoms with Crippen molar-refractivity contribution in [3.8, 4) is 0 Å². The van der Waals surface area contributed by atoms with Crippen molar-refractivity contribution in [1.29, 1.82) is 0 Å². The number of nitrogens with zero attached hydrogens (tertiary/aromatic N) is 1. The maximum absolute atomic E-state index is 5.35. The second-order valence-corrected chi connectivity index (χ2v) is 4.23. The summed E-state index contributed by atoms with van der Waals surface area (Å²) in [6.45, 7) is 5.38. The predicted molar refractivity (Wildman–Crippen MR) is 58.0 cm³/mol. The summed E-state index contributed by atoms with van der Waals surface area (Å²) in [6.07, 6.45) is 5.69. The Kier molecular flexibility index (Phi) is 5.91. The van der Waals surface area contributed by atoms with Gasteiger partial charge in [-0.15, -0.1) is 0 Å². The lowest BCUT2D eigenvalue weighted by atomic mass is 9.83. The first-order valence-electron chi connectivity index (χ1n) is 4.97. The van der Waals surface area contributed by atoms with Crippen molar-refractivity contribution >= 4 is 6.21 Å². The molecule has 0 heterocycles. The third-order valence-corrected chi connectivity index (χ3v) is 2.62. The summed E-state index contributed by atoms with van der Waals surface area (Å²) in [5, 5.41) is 0. The van der Waals surface area contributed by atoms with Crippen LogP contribution in [0.1, 0.15) is 33.1 Å². The van der Waals surface area contributed by atoms with Crippen LogP contribution in [0.15, 0.2) is 0 Å². The minimum Gasteiger partial charge on any atom is -0.271 e. The van der Waals surface area contributed by atoms with Gasteiger partial charge >= 0.3 is 0 Å². The zero-order chi connectivity index (χ0) is 10.3. The number of hydrogen-bond acceptors (Lipinski definition) is 2. The molecule has 13 heavy (non-hydrogen) atoms. The van der Waals surface area contributed by atoms with Gasteiger partial charge in [0.05, 0.1) is 0 Å². The molecule has 0 radical (unpaired) electrons. The summed E-state index contributed by atoms with van der Waals surface area (Å²) in [6, 6.07) is 0. The molecule has 0 aromatic heterocycles. The Balaban J connectivity index is 3.90. The standard InChI is InChI=1S/C10H24N3/c1-5-10(2,9-12-11)7-6-8-13(3)4/h8,12H,5-7,9,11H2,1-4H3/q+1. The van der Waals surface area contributed by atoms with Crippen LogP contribution < -0.4 is 11.3 Å². The molecular weight excluding hydrogens is 162 g/mol. The summed E-state index contributed by atoms with van der Waals surface area (Å²) in [7, 11) is 4.12. The van der Waals surface area contributed by atoms with E-state index in [9.17, 15) is 0 Å². The fraction of sp³-hybridized carbons (Fsp3) is 0.900. The summed E-state index contributed by atoms with van der Waals surface area (Å²) >= 11 is 0. The number of hydrazine groups is 1. The summed E-state index contributed by atoms with van der Waals surface area (Å²) < 4.78 is 2.10. The van der Waals surface area contributed by atoms with E-state index in [1.165, 1.54) is 12.8 Å². The lowest BCUT2D eigenvalue weighted by Crippen LogP contribution is -2.35. The highest BCUT2D eigenvalue weighted by molar-refractivity contribution is 5.50. The molecule has 0 saturated carbocycles. The largest absolute Gasteiger partial charge is 0.271 e. The Morgan fingerprint density at radius 3 is 2.46 bits per heavy atom. The lowest BCUT2D eigenvalue weighted by Gasteiger charge is -2.26. The van der Waals surface area contributed by atoms with Crippen molar-refractivity contribution in [2.24, 2.45) is 11.3 Å². The molecule has 0 spiro atoms. The van der Waals surface area contributed by atoms with E-state index in [0.29, 0.717) is 5.41 Å². The van der Waals surface area contributed by atoms with E-state index in [4.69, 9.17) is 5.84 Å². The molecule has 0 bridgehead atoms. The maximum Gasteiger partial charge on any atom is 0.139 e. The highest BCUT2D eigenvalue weighted by Gasteiger charge is 2.20. The monoisotopic (exact) mass is 186 g/mol. The van der Waals surface area contributed by atoms with Crippen LogP contribution in [-0.4, -0.2) is 31.4 Å². The van der Waals surface area contributed by atoms with Gasteiger partial charge in [0.1, 0.15) is 20.3 Å². The van der Waals surface area contributed by atoms with Gasteiger partial charge in [0.25, 0.3) is 0 Å². The second kappa shape index (κ2) is 6.11. The van der Waals surface area contributed by atoms with Gasteiger partial charge in [0.15, 0.2) is 0 Å². The van der Waals surface area contributed by atoms with Gasteiger partial charge in [0.2, 0.25) is 0 Å². The predicted octanol–water partition coefficient (Wildman–Crippen LogP) is 0.989. The minimum absolute atomic E-state index is 0.335. The average molecular weight is 186 g/mol. The van der Waals surface area contributed by atoms with Crippen LogP contribution in [0, 0.1) is 5.41 Å². The first-order chi connectivity index (χ1) is 6.04. The second-order valence-electron chi connectivity index (χ2n) is 4.23. The van der Waals surface area contributed by atoms with Gasteiger partial charge in [0, 0.05) is 13.0 Å². The first-order valence-corrected chi connectivity index (χ1v) is 4.97. The van der Waals surface area contributed by atoms with Gasteiger partial charge < -0.3 is 0 Å². The zero-order valence-electron chi connectivity index (χ0n) is 9.43. The Labute approximate surface area is 82.0 Å². The first kappa shape index (κ1) is 12.6. The molecule has 1 unspecified atom stereocenters. The van der Waals surface area contributed by atoms with Crippen LogP contribution >= 0.6 is 0 Å². The molecule has 0 aliphatic carbocycles. The lowest BCUT2D eigenvalue weighted by molar-refractivity contribution is -0.460. The van der Waals surface area contributed by atoms with Gasteiger partial charge in [-0.25, -0.2) is 4.58 Å². The number of rotatable bonds is 6. The molecule has 0 aromatic rings. The molecule has 3 heteroatoms. The Hall–Kier alpha value is -0.410. The highest BCUT2D eigenvalue weighted by Crippen LogP contribution is 2.25. The normalized spacial score (nSPS) is 15.2. The van der Waals surface area contributed by atoms with E-state index < -0.39 is 0 Å². The number of nitrogens with one attached hydrogen (secondary N) is 1. The van der Waals surface area contributed by atoms with Gasteiger partial charge in [-0.1, -0.05) is 13.8 Å². The van der Waals surface area contributed by atoms with Crippen LogP contribution in [0.3, 0.4) is 0 Å². The molecule has 0 aromatic carbocycles. The van der Waals surface area contributed by atoms with Crippen molar-refractivity contribution < 1.29 is 4.58 Å².